The van der Waals surface area contributed by atoms with Gasteiger partial charge in [0.1, 0.15) is 0 Å². The van der Waals surface area contributed by atoms with Crippen LogP contribution in [-0.2, 0) is 0 Å². The van der Waals surface area contributed by atoms with Crippen molar-refractivity contribution in [1.82, 2.24) is 0 Å². The number of rotatable bonds is 4. The van der Waals surface area contributed by atoms with Gasteiger partial charge in [-0.1, -0.05) is 54.5 Å². The minimum atomic E-state index is 1.10. The molecular formula is C13H20. The molecule has 0 spiro atoms. The maximum atomic E-state index is 2.14. The van der Waals surface area contributed by atoms with Crippen LogP contribution >= 0.6 is 0 Å². The molecule has 13 heavy (non-hydrogen) atoms. The predicted octanol–water partition coefficient (Wildman–Crippen LogP) is 4.42. The minimum absolute atomic E-state index is 1.10. The molecule has 0 heterocycles. The molecule has 0 saturated heterocycles. The molecule has 0 atom stereocenters. The second-order valence-electron chi connectivity index (χ2n) is 3.26. The Kier molecular flexibility index (Phi) is 6.99. The zero-order valence-corrected chi connectivity index (χ0v) is 9.17. The summed E-state index contributed by atoms with van der Waals surface area (Å²) < 4.78 is 0. The molecule has 0 N–H and O–H groups in total. The zero-order chi connectivity index (χ0) is 10.1. The first-order chi connectivity index (χ1) is 6.18. The van der Waals surface area contributed by atoms with Crippen LogP contribution in [0.4, 0.5) is 0 Å². The summed E-state index contributed by atoms with van der Waals surface area (Å²) in [5.41, 5.74) is 2.71. The lowest BCUT2D eigenvalue weighted by Gasteiger charge is -1.92. The molecule has 0 saturated carbocycles. The Hall–Kier alpha value is -1.04. The summed E-state index contributed by atoms with van der Waals surface area (Å²) in [6.07, 6.45) is 13.6. The highest BCUT2D eigenvalue weighted by Crippen LogP contribution is 2.02. The maximum absolute atomic E-state index is 2.14. The van der Waals surface area contributed by atoms with Gasteiger partial charge in [0.15, 0.2) is 0 Å². The summed E-state index contributed by atoms with van der Waals surface area (Å²) in [6, 6.07) is 0. The van der Waals surface area contributed by atoms with Crippen molar-refractivity contribution in [3.63, 3.8) is 0 Å². The Morgan fingerprint density at radius 3 is 2.08 bits per heavy atom. The summed E-state index contributed by atoms with van der Waals surface area (Å²) in [6.45, 7) is 8.51. The molecule has 0 aliphatic carbocycles. The van der Waals surface area contributed by atoms with Crippen LogP contribution in [0.15, 0.2) is 47.6 Å². The molecule has 0 unspecified atom stereocenters. The second kappa shape index (κ2) is 7.60. The van der Waals surface area contributed by atoms with Gasteiger partial charge in [-0.25, -0.2) is 0 Å². The average molecular weight is 176 g/mol. The fourth-order valence-electron chi connectivity index (χ4n) is 0.710. The van der Waals surface area contributed by atoms with Gasteiger partial charge in [0.2, 0.25) is 0 Å². The van der Waals surface area contributed by atoms with Crippen molar-refractivity contribution in [2.75, 3.05) is 0 Å². The summed E-state index contributed by atoms with van der Waals surface area (Å²) in [7, 11) is 0. The third-order valence-corrected chi connectivity index (χ3v) is 1.84. The second-order valence-corrected chi connectivity index (χ2v) is 3.26. The van der Waals surface area contributed by atoms with Gasteiger partial charge in [-0.05, 0) is 27.2 Å². The Morgan fingerprint density at radius 1 is 0.923 bits per heavy atom. The largest absolute Gasteiger partial charge is 0.0848 e. The van der Waals surface area contributed by atoms with E-state index in [0.29, 0.717) is 0 Å². The lowest BCUT2D eigenvalue weighted by Crippen LogP contribution is -1.71. The fourth-order valence-corrected chi connectivity index (χ4v) is 0.710. The van der Waals surface area contributed by atoms with Gasteiger partial charge in [-0.2, -0.15) is 0 Å². The highest BCUT2D eigenvalue weighted by atomic mass is 13.9. The van der Waals surface area contributed by atoms with Crippen molar-refractivity contribution in [3.05, 3.63) is 47.6 Å². The van der Waals surface area contributed by atoms with E-state index in [-0.39, 0.29) is 0 Å². The maximum Gasteiger partial charge on any atom is -0.0376 e. The van der Waals surface area contributed by atoms with E-state index in [1.165, 1.54) is 11.1 Å². The van der Waals surface area contributed by atoms with Gasteiger partial charge in [-0.3, -0.25) is 0 Å². The van der Waals surface area contributed by atoms with Gasteiger partial charge >= 0.3 is 0 Å². The van der Waals surface area contributed by atoms with E-state index in [2.05, 4.69) is 64.2 Å². The molecule has 0 rings (SSSR count). The highest BCUT2D eigenvalue weighted by Gasteiger charge is 1.81. The zero-order valence-electron chi connectivity index (χ0n) is 9.17. The van der Waals surface area contributed by atoms with Crippen LogP contribution in [0.5, 0.6) is 0 Å². The molecule has 72 valence electrons. The van der Waals surface area contributed by atoms with Gasteiger partial charge in [0.25, 0.3) is 0 Å². The van der Waals surface area contributed by atoms with E-state index < -0.39 is 0 Å². The molecule has 0 bridgehead atoms. The fraction of sp³-hybridized carbons (Fsp3) is 0.385. The first-order valence-corrected chi connectivity index (χ1v) is 4.82. The lowest BCUT2D eigenvalue weighted by atomic mass is 10.1. The Labute approximate surface area is 82.4 Å². The molecule has 0 aliphatic heterocycles. The smallest absolute Gasteiger partial charge is 0.0376 e. The van der Waals surface area contributed by atoms with Crippen LogP contribution < -0.4 is 0 Å². The van der Waals surface area contributed by atoms with Crippen LogP contribution in [0, 0.1) is 0 Å². The summed E-state index contributed by atoms with van der Waals surface area (Å²) in [4.78, 5) is 0. The van der Waals surface area contributed by atoms with E-state index in [1.54, 1.807) is 0 Å². The predicted molar refractivity (Wildman–Crippen MR) is 61.8 cm³/mol. The van der Waals surface area contributed by atoms with Crippen LogP contribution in [0.25, 0.3) is 0 Å². The van der Waals surface area contributed by atoms with Crippen molar-refractivity contribution in [2.45, 2.75) is 34.1 Å². The molecule has 0 aliphatic rings. The Bertz CT molecular complexity index is 233. The molecule has 0 nitrogen and oxygen atoms in total. The van der Waals surface area contributed by atoms with E-state index in [0.717, 1.165) is 6.42 Å². The van der Waals surface area contributed by atoms with Crippen molar-refractivity contribution < 1.29 is 0 Å². The molecule has 0 amide bonds. The van der Waals surface area contributed by atoms with Crippen LogP contribution in [0.2, 0.25) is 0 Å². The molecule has 0 heteroatoms. The molecular weight excluding hydrogens is 156 g/mol. The van der Waals surface area contributed by atoms with Gasteiger partial charge in [0.05, 0.1) is 0 Å². The van der Waals surface area contributed by atoms with Crippen molar-refractivity contribution >= 4 is 0 Å². The monoisotopic (exact) mass is 176 g/mol. The molecule has 0 radical (unpaired) electrons. The minimum Gasteiger partial charge on any atom is -0.0848 e. The van der Waals surface area contributed by atoms with Crippen LogP contribution in [-0.4, -0.2) is 0 Å². The first-order valence-electron chi connectivity index (χ1n) is 4.82. The highest BCUT2D eigenvalue weighted by molar-refractivity contribution is 5.24. The number of hydrogen-bond acceptors (Lipinski definition) is 0. The topological polar surface area (TPSA) is 0 Å². The normalized spacial score (nSPS) is 12.0. The number of allylic oxidation sites excluding steroid dienone is 8. The summed E-state index contributed by atoms with van der Waals surface area (Å²) in [5, 5.41) is 0. The molecule has 0 aromatic carbocycles. The Balaban J connectivity index is 3.95. The van der Waals surface area contributed by atoms with E-state index in [4.69, 9.17) is 0 Å². The van der Waals surface area contributed by atoms with Crippen LogP contribution in [0.3, 0.4) is 0 Å². The van der Waals surface area contributed by atoms with Crippen molar-refractivity contribution in [3.8, 4) is 0 Å². The standard InChI is InChI=1S/C13H20/c1-5-6-7-8-9-10-11-13(4)12(2)3/h6-11H,5H2,1-4H3/b7-6+,9-8+,11-10+. The molecule has 0 aromatic rings. The van der Waals surface area contributed by atoms with E-state index in [9.17, 15) is 0 Å². The Morgan fingerprint density at radius 2 is 1.54 bits per heavy atom. The SMILES string of the molecule is CC/C=C/C=C/C=C/C(C)=C(C)C. The first kappa shape index (κ1) is 12.0. The number of hydrogen-bond donors (Lipinski definition) is 0. The third kappa shape index (κ3) is 7.32. The van der Waals surface area contributed by atoms with Crippen molar-refractivity contribution in [1.29, 1.82) is 0 Å². The third-order valence-electron chi connectivity index (χ3n) is 1.84. The molecule has 0 aromatic heterocycles. The van der Waals surface area contributed by atoms with Gasteiger partial charge < -0.3 is 0 Å². The van der Waals surface area contributed by atoms with Crippen molar-refractivity contribution in [2.24, 2.45) is 0 Å². The van der Waals surface area contributed by atoms with Gasteiger partial charge in [-0.15, -0.1) is 0 Å². The summed E-state index contributed by atoms with van der Waals surface area (Å²) in [5.74, 6) is 0. The van der Waals surface area contributed by atoms with E-state index >= 15 is 0 Å². The quantitative estimate of drug-likeness (QED) is 0.556. The average Bonchev–Trinajstić information content (AvgIpc) is 2.10. The summed E-state index contributed by atoms with van der Waals surface area (Å²) >= 11 is 0. The van der Waals surface area contributed by atoms with Crippen LogP contribution in [0.1, 0.15) is 34.1 Å². The van der Waals surface area contributed by atoms with Gasteiger partial charge in [0, 0.05) is 0 Å². The lowest BCUT2D eigenvalue weighted by molar-refractivity contribution is 1.22. The van der Waals surface area contributed by atoms with E-state index in [1.807, 2.05) is 0 Å². The molecule has 0 fully saturated rings.